The lowest BCUT2D eigenvalue weighted by Crippen LogP contribution is -2.36. The minimum atomic E-state index is -5.43. The van der Waals surface area contributed by atoms with E-state index in [0.717, 1.165) is 10.9 Å². The van der Waals surface area contributed by atoms with Crippen molar-refractivity contribution < 1.29 is 26.3 Å². The zero-order valence-corrected chi connectivity index (χ0v) is 8.68. The van der Waals surface area contributed by atoms with Crippen molar-refractivity contribution in [3.05, 3.63) is 12.2 Å². The first-order chi connectivity index (χ1) is 7.68. The first kappa shape index (κ1) is 13.8. The maximum atomic E-state index is 12.4. The summed E-state index contributed by atoms with van der Waals surface area (Å²) < 4.78 is 75.2. The van der Waals surface area contributed by atoms with Crippen LogP contribution in [0, 0.1) is 0 Å². The molecule has 0 atom stereocenters. The van der Waals surface area contributed by atoms with E-state index in [1.165, 1.54) is 0 Å². The van der Waals surface area contributed by atoms with Crippen LogP contribution in [0.4, 0.5) is 26.3 Å². The van der Waals surface area contributed by atoms with Crippen molar-refractivity contribution in [3.8, 4) is 0 Å². The monoisotopic (exact) mass is 261 g/mol. The SMILES string of the molecule is CCCn1cnnc1C(C(F)(F)F)C(F)(F)F. The normalized spacial score (nSPS) is 13.4. The molecular formula is C8H9F6N3. The molecule has 0 amide bonds. The molecule has 0 aliphatic heterocycles. The summed E-state index contributed by atoms with van der Waals surface area (Å²) in [5, 5.41) is 6.04. The zero-order valence-electron chi connectivity index (χ0n) is 8.68. The van der Waals surface area contributed by atoms with Gasteiger partial charge in [0.2, 0.25) is 5.92 Å². The second-order valence-electron chi connectivity index (χ2n) is 3.40. The van der Waals surface area contributed by atoms with Gasteiger partial charge in [0.05, 0.1) is 0 Å². The molecule has 0 unspecified atom stereocenters. The van der Waals surface area contributed by atoms with Crippen molar-refractivity contribution in [2.75, 3.05) is 0 Å². The topological polar surface area (TPSA) is 30.7 Å². The largest absolute Gasteiger partial charge is 0.407 e. The molecule has 1 heterocycles. The van der Waals surface area contributed by atoms with E-state index in [-0.39, 0.29) is 6.54 Å². The van der Waals surface area contributed by atoms with Crippen molar-refractivity contribution >= 4 is 0 Å². The van der Waals surface area contributed by atoms with Gasteiger partial charge in [-0.15, -0.1) is 10.2 Å². The van der Waals surface area contributed by atoms with Crippen LogP contribution in [0.25, 0.3) is 0 Å². The van der Waals surface area contributed by atoms with Crippen molar-refractivity contribution in [2.45, 2.75) is 38.2 Å². The van der Waals surface area contributed by atoms with E-state index < -0.39 is 24.1 Å². The minimum Gasteiger partial charge on any atom is -0.317 e. The van der Waals surface area contributed by atoms with E-state index in [4.69, 9.17) is 0 Å². The number of rotatable bonds is 3. The van der Waals surface area contributed by atoms with Crippen LogP contribution in [0.3, 0.4) is 0 Å². The van der Waals surface area contributed by atoms with Crippen molar-refractivity contribution in [1.29, 1.82) is 0 Å². The molecule has 17 heavy (non-hydrogen) atoms. The average molecular weight is 261 g/mol. The fourth-order valence-electron chi connectivity index (χ4n) is 1.38. The Labute approximate surface area is 92.4 Å². The Balaban J connectivity index is 3.19. The molecule has 0 N–H and O–H groups in total. The van der Waals surface area contributed by atoms with Crippen LogP contribution in [0.5, 0.6) is 0 Å². The summed E-state index contributed by atoms with van der Waals surface area (Å²) in [6.45, 7) is 1.63. The quantitative estimate of drug-likeness (QED) is 0.783. The first-order valence-electron chi connectivity index (χ1n) is 4.69. The molecule has 1 aromatic heterocycles. The van der Waals surface area contributed by atoms with Crippen molar-refractivity contribution in [3.63, 3.8) is 0 Å². The van der Waals surface area contributed by atoms with Crippen LogP contribution in [0.1, 0.15) is 25.1 Å². The predicted molar refractivity (Wildman–Crippen MR) is 45.2 cm³/mol. The third-order valence-corrected chi connectivity index (χ3v) is 2.02. The highest BCUT2D eigenvalue weighted by Crippen LogP contribution is 2.45. The Bertz CT molecular complexity index is 352. The van der Waals surface area contributed by atoms with Gasteiger partial charge in [0.15, 0.2) is 5.82 Å². The molecule has 1 aromatic rings. The highest BCUT2D eigenvalue weighted by atomic mass is 19.4. The van der Waals surface area contributed by atoms with Gasteiger partial charge in [0, 0.05) is 6.54 Å². The van der Waals surface area contributed by atoms with Crippen molar-refractivity contribution in [2.24, 2.45) is 0 Å². The summed E-state index contributed by atoms with van der Waals surface area (Å²) in [5.41, 5.74) is 0. The fraction of sp³-hybridized carbons (Fsp3) is 0.750. The van der Waals surface area contributed by atoms with Gasteiger partial charge in [0.1, 0.15) is 6.33 Å². The highest BCUT2D eigenvalue weighted by Gasteiger charge is 2.59. The maximum absolute atomic E-state index is 12.4. The number of nitrogens with zero attached hydrogens (tertiary/aromatic N) is 3. The summed E-state index contributed by atoms with van der Waals surface area (Å²) in [6.07, 6.45) is -9.62. The number of hydrogen-bond donors (Lipinski definition) is 0. The standard InChI is InChI=1S/C8H9F6N3/c1-2-3-17-4-15-16-6(17)5(7(9,10)11)8(12,13)14/h4-5H,2-3H2,1H3. The van der Waals surface area contributed by atoms with Gasteiger partial charge in [-0.2, -0.15) is 26.3 Å². The van der Waals surface area contributed by atoms with Crippen LogP contribution in [0.15, 0.2) is 6.33 Å². The van der Waals surface area contributed by atoms with Crippen LogP contribution in [-0.2, 0) is 6.54 Å². The molecule has 1 rings (SSSR count). The predicted octanol–water partition coefficient (Wildman–Crippen LogP) is 2.90. The van der Waals surface area contributed by atoms with E-state index in [1.54, 1.807) is 6.92 Å². The smallest absolute Gasteiger partial charge is 0.317 e. The molecular weight excluding hydrogens is 252 g/mol. The molecule has 98 valence electrons. The number of halogens is 6. The molecule has 0 aromatic carbocycles. The van der Waals surface area contributed by atoms with Gasteiger partial charge in [-0.05, 0) is 6.42 Å². The molecule has 0 saturated carbocycles. The highest BCUT2D eigenvalue weighted by molar-refractivity contribution is 5.04. The van der Waals surface area contributed by atoms with Gasteiger partial charge < -0.3 is 4.57 Å². The van der Waals surface area contributed by atoms with Gasteiger partial charge >= 0.3 is 12.4 Å². The molecule has 0 fully saturated rings. The number of alkyl halides is 6. The van der Waals surface area contributed by atoms with E-state index >= 15 is 0 Å². The summed E-state index contributed by atoms with van der Waals surface area (Å²) in [5.74, 6) is -4.71. The average Bonchev–Trinajstić information content (AvgIpc) is 2.48. The van der Waals surface area contributed by atoms with Crippen LogP contribution in [-0.4, -0.2) is 27.1 Å². The molecule has 0 radical (unpaired) electrons. The molecule has 0 saturated heterocycles. The van der Waals surface area contributed by atoms with E-state index in [0.29, 0.717) is 6.42 Å². The fourth-order valence-corrected chi connectivity index (χ4v) is 1.38. The first-order valence-corrected chi connectivity index (χ1v) is 4.69. The molecule has 0 aliphatic carbocycles. The van der Waals surface area contributed by atoms with E-state index in [1.807, 2.05) is 0 Å². The van der Waals surface area contributed by atoms with Crippen LogP contribution >= 0.6 is 0 Å². The summed E-state index contributed by atoms with van der Waals surface area (Å²) >= 11 is 0. The second-order valence-corrected chi connectivity index (χ2v) is 3.40. The summed E-state index contributed by atoms with van der Waals surface area (Å²) in [6, 6.07) is 0. The molecule has 0 aliphatic rings. The third-order valence-electron chi connectivity index (χ3n) is 2.02. The molecule has 0 bridgehead atoms. The summed E-state index contributed by atoms with van der Waals surface area (Å²) in [7, 11) is 0. The Morgan fingerprint density at radius 2 is 1.71 bits per heavy atom. The maximum Gasteiger partial charge on any atom is 0.407 e. The van der Waals surface area contributed by atoms with E-state index in [2.05, 4.69) is 10.2 Å². The second kappa shape index (κ2) is 4.53. The third kappa shape index (κ3) is 3.10. The number of aryl methyl sites for hydroxylation is 1. The lowest BCUT2D eigenvalue weighted by molar-refractivity contribution is -0.256. The zero-order chi connectivity index (χ0) is 13.3. The van der Waals surface area contributed by atoms with Gasteiger partial charge in [-0.3, -0.25) is 0 Å². The van der Waals surface area contributed by atoms with Gasteiger partial charge in [0.25, 0.3) is 0 Å². The number of hydrogen-bond acceptors (Lipinski definition) is 2. The molecule has 9 heteroatoms. The Morgan fingerprint density at radius 3 is 2.12 bits per heavy atom. The lowest BCUT2D eigenvalue weighted by atomic mass is 10.1. The summed E-state index contributed by atoms with van der Waals surface area (Å²) in [4.78, 5) is 0. The lowest BCUT2D eigenvalue weighted by Gasteiger charge is -2.22. The minimum absolute atomic E-state index is 0.00495. The van der Waals surface area contributed by atoms with Gasteiger partial charge in [-0.1, -0.05) is 6.92 Å². The van der Waals surface area contributed by atoms with Crippen molar-refractivity contribution in [1.82, 2.24) is 14.8 Å². The Morgan fingerprint density at radius 1 is 1.18 bits per heavy atom. The molecule has 3 nitrogen and oxygen atoms in total. The van der Waals surface area contributed by atoms with Crippen LogP contribution in [0.2, 0.25) is 0 Å². The Hall–Kier alpha value is -1.28. The Kier molecular flexibility index (Phi) is 3.68. The van der Waals surface area contributed by atoms with E-state index in [9.17, 15) is 26.3 Å². The van der Waals surface area contributed by atoms with Gasteiger partial charge in [-0.25, -0.2) is 0 Å². The molecule has 0 spiro atoms. The van der Waals surface area contributed by atoms with Crippen LogP contribution < -0.4 is 0 Å². The number of aromatic nitrogens is 3.